The van der Waals surface area contributed by atoms with Crippen LogP contribution in [0, 0.1) is 5.82 Å². The van der Waals surface area contributed by atoms with Gasteiger partial charge in [-0.2, -0.15) is 0 Å². The number of carbonyl (C=O) groups is 2. The molecule has 2 aromatic carbocycles. The fourth-order valence-corrected chi connectivity index (χ4v) is 2.32. The number of hydrogen-bond acceptors (Lipinski definition) is 3. The predicted molar refractivity (Wildman–Crippen MR) is 91.5 cm³/mol. The van der Waals surface area contributed by atoms with E-state index in [1.807, 2.05) is 19.0 Å². The van der Waals surface area contributed by atoms with Crippen LogP contribution in [0.15, 0.2) is 48.5 Å². The molecule has 24 heavy (non-hydrogen) atoms. The Morgan fingerprint density at radius 3 is 2.38 bits per heavy atom. The summed E-state index contributed by atoms with van der Waals surface area (Å²) < 4.78 is 13.4. The van der Waals surface area contributed by atoms with Crippen molar-refractivity contribution in [3.63, 3.8) is 0 Å². The number of benzene rings is 2. The number of aldehydes is 1. The second kappa shape index (κ2) is 8.36. The van der Waals surface area contributed by atoms with E-state index in [0.29, 0.717) is 30.8 Å². The van der Waals surface area contributed by atoms with Gasteiger partial charge in [0.05, 0.1) is 0 Å². The minimum Gasteiger partial charge on any atom is -0.333 e. The van der Waals surface area contributed by atoms with E-state index in [2.05, 4.69) is 0 Å². The molecular formula is C19H21FN2O2. The lowest BCUT2D eigenvalue weighted by Crippen LogP contribution is -2.36. The van der Waals surface area contributed by atoms with Gasteiger partial charge in [-0.25, -0.2) is 4.39 Å². The maximum atomic E-state index is 13.4. The van der Waals surface area contributed by atoms with Crippen molar-refractivity contribution in [3.05, 3.63) is 71.0 Å². The van der Waals surface area contributed by atoms with Gasteiger partial charge in [0.2, 0.25) is 0 Å². The Bertz CT molecular complexity index is 699. The molecule has 2 aromatic rings. The summed E-state index contributed by atoms with van der Waals surface area (Å²) in [4.78, 5) is 27.2. The molecule has 0 fully saturated rings. The molecule has 1 amide bonds. The van der Waals surface area contributed by atoms with E-state index in [1.54, 1.807) is 41.3 Å². The van der Waals surface area contributed by atoms with E-state index in [1.165, 1.54) is 12.1 Å². The average molecular weight is 328 g/mol. The first-order chi connectivity index (χ1) is 11.5. The molecule has 4 nitrogen and oxygen atoms in total. The minimum atomic E-state index is -0.317. The van der Waals surface area contributed by atoms with Crippen LogP contribution < -0.4 is 0 Å². The van der Waals surface area contributed by atoms with Gasteiger partial charge in [0, 0.05) is 30.8 Å². The zero-order chi connectivity index (χ0) is 17.5. The summed E-state index contributed by atoms with van der Waals surface area (Å²) in [5.74, 6) is -0.457. The van der Waals surface area contributed by atoms with E-state index in [4.69, 9.17) is 0 Å². The molecule has 0 bridgehead atoms. The van der Waals surface area contributed by atoms with Crippen LogP contribution in [0.5, 0.6) is 0 Å². The summed E-state index contributed by atoms with van der Waals surface area (Å²) in [5, 5.41) is 0. The van der Waals surface area contributed by atoms with Gasteiger partial charge in [0.1, 0.15) is 12.1 Å². The minimum absolute atomic E-state index is 0.140. The van der Waals surface area contributed by atoms with Crippen molar-refractivity contribution < 1.29 is 14.0 Å². The molecule has 2 rings (SSSR count). The fraction of sp³-hybridized carbons (Fsp3) is 0.263. The van der Waals surface area contributed by atoms with Crippen molar-refractivity contribution in [2.45, 2.75) is 6.54 Å². The smallest absolute Gasteiger partial charge is 0.254 e. The number of halogens is 1. The highest BCUT2D eigenvalue weighted by Crippen LogP contribution is 2.12. The van der Waals surface area contributed by atoms with Crippen molar-refractivity contribution >= 4 is 12.2 Å². The molecule has 0 spiro atoms. The third-order valence-electron chi connectivity index (χ3n) is 3.66. The van der Waals surface area contributed by atoms with Gasteiger partial charge in [-0.15, -0.1) is 0 Å². The van der Waals surface area contributed by atoms with Crippen molar-refractivity contribution in [1.82, 2.24) is 9.80 Å². The van der Waals surface area contributed by atoms with Crippen LogP contribution in [0.1, 0.15) is 26.3 Å². The summed E-state index contributed by atoms with van der Waals surface area (Å²) in [7, 11) is 3.87. The Labute approximate surface area is 141 Å². The maximum Gasteiger partial charge on any atom is 0.254 e. The average Bonchev–Trinajstić information content (AvgIpc) is 2.58. The van der Waals surface area contributed by atoms with Crippen LogP contribution in [-0.2, 0) is 6.54 Å². The number of hydrogen-bond donors (Lipinski definition) is 0. The number of amides is 1. The first kappa shape index (κ1) is 17.8. The van der Waals surface area contributed by atoms with Crippen molar-refractivity contribution in [3.8, 4) is 0 Å². The molecule has 0 atom stereocenters. The Balaban J connectivity index is 2.19. The summed E-state index contributed by atoms with van der Waals surface area (Å²) in [6.07, 6.45) is 0.741. The zero-order valence-corrected chi connectivity index (χ0v) is 13.9. The summed E-state index contributed by atoms with van der Waals surface area (Å²) in [5.41, 5.74) is 1.78. The predicted octanol–water partition coefficient (Wildman–Crippen LogP) is 2.84. The fourth-order valence-electron chi connectivity index (χ4n) is 2.32. The molecule has 0 unspecified atom stereocenters. The van der Waals surface area contributed by atoms with Crippen molar-refractivity contribution in [2.24, 2.45) is 0 Å². The lowest BCUT2D eigenvalue weighted by atomic mass is 10.1. The number of nitrogens with zero attached hydrogens (tertiary/aromatic N) is 2. The van der Waals surface area contributed by atoms with Gasteiger partial charge in [-0.3, -0.25) is 9.59 Å². The monoisotopic (exact) mass is 328 g/mol. The Morgan fingerprint density at radius 1 is 1.08 bits per heavy atom. The molecule has 0 heterocycles. The lowest BCUT2D eigenvalue weighted by Gasteiger charge is -2.25. The highest BCUT2D eigenvalue weighted by atomic mass is 19.1. The maximum absolute atomic E-state index is 13.4. The molecule has 0 N–H and O–H groups in total. The number of carbonyl (C=O) groups excluding carboxylic acids is 2. The van der Waals surface area contributed by atoms with Crippen LogP contribution in [0.3, 0.4) is 0 Å². The van der Waals surface area contributed by atoms with E-state index in [0.717, 1.165) is 11.8 Å². The van der Waals surface area contributed by atoms with Crippen molar-refractivity contribution in [2.75, 3.05) is 27.2 Å². The number of rotatable bonds is 7. The van der Waals surface area contributed by atoms with Gasteiger partial charge >= 0.3 is 0 Å². The van der Waals surface area contributed by atoms with Crippen LogP contribution in [0.4, 0.5) is 4.39 Å². The van der Waals surface area contributed by atoms with Crippen LogP contribution in [0.2, 0.25) is 0 Å². The van der Waals surface area contributed by atoms with Gasteiger partial charge in [0.25, 0.3) is 5.91 Å². The SMILES string of the molecule is CN(C)CCN(Cc1cccc(F)c1)C(=O)c1ccc(C=O)cc1. The Kier molecular flexibility index (Phi) is 6.21. The summed E-state index contributed by atoms with van der Waals surface area (Å²) in [6.45, 7) is 1.56. The van der Waals surface area contributed by atoms with Crippen LogP contribution in [-0.4, -0.2) is 49.2 Å². The Morgan fingerprint density at radius 2 is 1.79 bits per heavy atom. The summed E-state index contributed by atoms with van der Waals surface area (Å²) in [6, 6.07) is 12.8. The molecule has 0 aliphatic heterocycles. The Hall–Kier alpha value is -2.53. The van der Waals surface area contributed by atoms with E-state index in [-0.39, 0.29) is 11.7 Å². The topological polar surface area (TPSA) is 40.6 Å². The summed E-state index contributed by atoms with van der Waals surface area (Å²) >= 11 is 0. The molecule has 0 aliphatic rings. The molecule has 0 saturated carbocycles. The normalized spacial score (nSPS) is 10.7. The van der Waals surface area contributed by atoms with Gasteiger partial charge in [0.15, 0.2) is 0 Å². The quantitative estimate of drug-likeness (QED) is 0.734. The van der Waals surface area contributed by atoms with Gasteiger partial charge in [-0.1, -0.05) is 24.3 Å². The molecular weight excluding hydrogens is 307 g/mol. The first-order valence-corrected chi connectivity index (χ1v) is 7.73. The first-order valence-electron chi connectivity index (χ1n) is 7.73. The second-order valence-electron chi connectivity index (χ2n) is 5.90. The molecule has 126 valence electrons. The van der Waals surface area contributed by atoms with Gasteiger partial charge in [-0.05, 0) is 43.9 Å². The second-order valence-corrected chi connectivity index (χ2v) is 5.90. The van der Waals surface area contributed by atoms with Crippen LogP contribution >= 0.6 is 0 Å². The largest absolute Gasteiger partial charge is 0.333 e. The highest BCUT2D eigenvalue weighted by molar-refractivity contribution is 5.94. The lowest BCUT2D eigenvalue weighted by molar-refractivity contribution is 0.0731. The van der Waals surface area contributed by atoms with E-state index in [9.17, 15) is 14.0 Å². The van der Waals surface area contributed by atoms with Gasteiger partial charge < -0.3 is 9.80 Å². The zero-order valence-electron chi connectivity index (χ0n) is 13.9. The third kappa shape index (κ3) is 4.99. The molecule has 0 radical (unpaired) electrons. The van der Waals surface area contributed by atoms with Crippen molar-refractivity contribution in [1.29, 1.82) is 0 Å². The van der Waals surface area contributed by atoms with E-state index < -0.39 is 0 Å². The standard InChI is InChI=1S/C19H21FN2O2/c1-21(2)10-11-22(13-16-4-3-5-18(20)12-16)19(24)17-8-6-15(14-23)7-9-17/h3-9,12,14H,10-11,13H2,1-2H3. The number of likely N-dealkylation sites (N-methyl/N-ethyl adjacent to an activating group) is 1. The highest BCUT2D eigenvalue weighted by Gasteiger charge is 2.16. The molecule has 0 aliphatic carbocycles. The third-order valence-corrected chi connectivity index (χ3v) is 3.66. The van der Waals surface area contributed by atoms with E-state index >= 15 is 0 Å². The molecule has 5 heteroatoms. The molecule has 0 aromatic heterocycles. The molecule has 0 saturated heterocycles. The van der Waals surface area contributed by atoms with Crippen LogP contribution in [0.25, 0.3) is 0 Å².